The van der Waals surface area contributed by atoms with Gasteiger partial charge in [0.2, 0.25) is 11.8 Å². The van der Waals surface area contributed by atoms with Crippen LogP contribution < -0.4 is 10.6 Å². The molecule has 0 spiro atoms. The Hall–Kier alpha value is -2.71. The van der Waals surface area contributed by atoms with Gasteiger partial charge in [-0.2, -0.15) is 0 Å². The van der Waals surface area contributed by atoms with Gasteiger partial charge in [-0.25, -0.2) is 4.79 Å². The molecule has 0 saturated carbocycles. The molecule has 0 unspecified atom stereocenters. The molecule has 0 aromatic heterocycles. The normalized spacial score (nSPS) is 22.4. The van der Waals surface area contributed by atoms with Crippen molar-refractivity contribution in [2.45, 2.75) is 52.2 Å². The number of likely N-dealkylation sites (tertiary alicyclic amines) is 1. The van der Waals surface area contributed by atoms with Gasteiger partial charge in [0, 0.05) is 12.6 Å². The minimum Gasteiger partial charge on any atom is -0.452 e. The number of hydrogen-bond acceptors (Lipinski definition) is 6. The average Bonchev–Trinajstić information content (AvgIpc) is 2.83. The number of fused-ring (bicyclic) bond motifs is 1. The highest BCUT2D eigenvalue weighted by Crippen LogP contribution is 2.34. The van der Waals surface area contributed by atoms with Crippen molar-refractivity contribution in [3.8, 4) is 0 Å². The lowest BCUT2D eigenvalue weighted by Crippen LogP contribution is -2.46. The minimum atomic E-state index is -1.17. The molecule has 1 aliphatic heterocycles. The highest BCUT2D eigenvalue weighted by atomic mass is 16.5. The van der Waals surface area contributed by atoms with Crippen LogP contribution in [-0.2, 0) is 23.9 Å². The Morgan fingerprint density at radius 3 is 2.19 bits per heavy atom. The molecule has 1 heterocycles. The van der Waals surface area contributed by atoms with Gasteiger partial charge in [0.15, 0.2) is 6.10 Å². The zero-order chi connectivity index (χ0) is 20.1. The van der Waals surface area contributed by atoms with E-state index in [1.165, 1.54) is 6.92 Å². The first-order valence-corrected chi connectivity index (χ1v) is 9.01. The summed E-state index contributed by atoms with van der Waals surface area (Å²) in [5.74, 6) is -2.70. The molecular weight excluding hydrogens is 354 g/mol. The fourth-order valence-electron chi connectivity index (χ4n) is 3.11. The third kappa shape index (κ3) is 5.15. The molecule has 3 atom stereocenters. The van der Waals surface area contributed by atoms with E-state index >= 15 is 0 Å². The van der Waals surface area contributed by atoms with Crippen LogP contribution in [0.2, 0.25) is 0 Å². The number of amides is 5. The molecule has 0 radical (unpaired) electrons. The van der Waals surface area contributed by atoms with E-state index < -0.39 is 24.0 Å². The Bertz CT molecular complexity index is 646. The van der Waals surface area contributed by atoms with Crippen molar-refractivity contribution in [3.63, 3.8) is 0 Å². The molecule has 1 saturated heterocycles. The number of nitrogens with one attached hydrogen (secondary N) is 2. The molecule has 0 aromatic rings. The van der Waals surface area contributed by atoms with Crippen LogP contribution in [0.4, 0.5) is 4.79 Å². The van der Waals surface area contributed by atoms with Crippen molar-refractivity contribution in [1.29, 1.82) is 0 Å². The van der Waals surface area contributed by atoms with E-state index in [1.54, 1.807) is 13.8 Å². The highest BCUT2D eigenvalue weighted by Gasteiger charge is 2.47. The van der Waals surface area contributed by atoms with Gasteiger partial charge in [-0.15, -0.1) is 0 Å². The molecule has 1 aliphatic carbocycles. The van der Waals surface area contributed by atoms with Crippen molar-refractivity contribution in [2.75, 3.05) is 6.54 Å². The van der Waals surface area contributed by atoms with Crippen LogP contribution in [0.1, 0.15) is 40.0 Å². The minimum absolute atomic E-state index is 0.0777. The van der Waals surface area contributed by atoms with E-state index in [9.17, 15) is 24.0 Å². The molecular formula is C18H25N3O6. The molecule has 2 aliphatic rings. The number of carbonyl (C=O) groups is 5. The van der Waals surface area contributed by atoms with Crippen LogP contribution >= 0.6 is 0 Å². The van der Waals surface area contributed by atoms with E-state index in [0.29, 0.717) is 12.8 Å². The highest BCUT2D eigenvalue weighted by molar-refractivity contribution is 6.05. The summed E-state index contributed by atoms with van der Waals surface area (Å²) in [6.07, 6.45) is 3.46. The molecule has 2 rings (SSSR count). The summed E-state index contributed by atoms with van der Waals surface area (Å²) in [6.45, 7) is 4.73. The molecule has 5 amide bonds. The number of nitrogens with zero attached hydrogens (tertiary/aromatic N) is 1. The first-order valence-electron chi connectivity index (χ1n) is 9.01. The number of allylic oxidation sites excluding steroid dienone is 2. The van der Waals surface area contributed by atoms with Crippen molar-refractivity contribution < 1.29 is 28.7 Å². The first kappa shape index (κ1) is 20.6. The Labute approximate surface area is 157 Å². The zero-order valence-electron chi connectivity index (χ0n) is 15.7. The van der Waals surface area contributed by atoms with Gasteiger partial charge in [0.25, 0.3) is 5.91 Å². The third-order valence-electron chi connectivity index (χ3n) is 4.47. The van der Waals surface area contributed by atoms with Gasteiger partial charge < -0.3 is 10.1 Å². The monoisotopic (exact) mass is 379 g/mol. The van der Waals surface area contributed by atoms with Gasteiger partial charge >= 0.3 is 12.0 Å². The largest absolute Gasteiger partial charge is 0.452 e. The second kappa shape index (κ2) is 8.79. The predicted octanol–water partition coefficient (Wildman–Crippen LogP) is 0.494. The lowest BCUT2D eigenvalue weighted by atomic mass is 9.85. The molecule has 9 heteroatoms. The quantitative estimate of drug-likeness (QED) is 0.394. The fraction of sp³-hybridized carbons (Fsp3) is 0.611. The third-order valence-corrected chi connectivity index (χ3v) is 4.47. The SMILES string of the molecule is CC(C)NC(=O)NC(=O)[C@H](C)OC(=O)CCN1C(=O)[C@H]2CC=CC[C@H]2C1=O. The smallest absolute Gasteiger partial charge is 0.321 e. The lowest BCUT2D eigenvalue weighted by molar-refractivity contribution is -0.155. The molecule has 0 aromatic carbocycles. The van der Waals surface area contributed by atoms with Crippen LogP contribution in [0, 0.1) is 11.8 Å². The van der Waals surface area contributed by atoms with Crippen LogP contribution in [0.5, 0.6) is 0 Å². The molecule has 9 nitrogen and oxygen atoms in total. The molecule has 148 valence electrons. The van der Waals surface area contributed by atoms with Gasteiger partial charge in [0.05, 0.1) is 18.3 Å². The fourth-order valence-corrected chi connectivity index (χ4v) is 3.11. The van der Waals surface area contributed by atoms with E-state index in [-0.39, 0.29) is 42.7 Å². The Kier molecular flexibility index (Phi) is 6.70. The number of urea groups is 1. The topological polar surface area (TPSA) is 122 Å². The number of rotatable bonds is 6. The van der Waals surface area contributed by atoms with Crippen LogP contribution in [-0.4, -0.2) is 53.3 Å². The first-order chi connectivity index (χ1) is 12.7. The van der Waals surface area contributed by atoms with E-state index in [2.05, 4.69) is 10.6 Å². The van der Waals surface area contributed by atoms with Crippen molar-refractivity contribution in [3.05, 3.63) is 12.2 Å². The molecule has 2 N–H and O–H groups in total. The second-order valence-corrected chi connectivity index (χ2v) is 6.98. The maximum atomic E-state index is 12.3. The summed E-state index contributed by atoms with van der Waals surface area (Å²) in [5, 5.41) is 4.55. The number of ether oxygens (including phenoxy) is 1. The summed E-state index contributed by atoms with van der Waals surface area (Å²) in [6, 6.07) is -0.826. The number of esters is 1. The average molecular weight is 379 g/mol. The summed E-state index contributed by atoms with van der Waals surface area (Å²) >= 11 is 0. The van der Waals surface area contributed by atoms with Gasteiger partial charge in [-0.3, -0.25) is 29.4 Å². The second-order valence-electron chi connectivity index (χ2n) is 6.98. The van der Waals surface area contributed by atoms with Crippen molar-refractivity contribution in [1.82, 2.24) is 15.5 Å². The predicted molar refractivity (Wildman–Crippen MR) is 94.1 cm³/mol. The lowest BCUT2D eigenvalue weighted by Gasteiger charge is -2.16. The van der Waals surface area contributed by atoms with Gasteiger partial charge in [-0.1, -0.05) is 12.2 Å². The van der Waals surface area contributed by atoms with E-state index in [1.807, 2.05) is 12.2 Å². The summed E-state index contributed by atoms with van der Waals surface area (Å²) in [5.41, 5.74) is 0. The standard InChI is InChI=1S/C18H25N3O6/c1-10(2)19-18(26)20-15(23)11(3)27-14(22)8-9-21-16(24)12-6-4-5-7-13(12)17(21)25/h4-5,10-13H,6-9H2,1-3H3,(H2,19,20,23,26)/t11-,12-,13+/m0/s1. The summed E-state index contributed by atoms with van der Waals surface area (Å²) in [4.78, 5) is 61.0. The molecule has 27 heavy (non-hydrogen) atoms. The number of hydrogen-bond donors (Lipinski definition) is 2. The molecule has 0 bridgehead atoms. The number of carbonyl (C=O) groups excluding carboxylic acids is 5. The zero-order valence-corrected chi connectivity index (χ0v) is 15.7. The maximum Gasteiger partial charge on any atom is 0.321 e. The maximum absolute atomic E-state index is 12.3. The summed E-state index contributed by atoms with van der Waals surface area (Å²) in [7, 11) is 0. The number of imide groups is 2. The van der Waals surface area contributed by atoms with Crippen LogP contribution in [0.25, 0.3) is 0 Å². The van der Waals surface area contributed by atoms with Gasteiger partial charge in [-0.05, 0) is 33.6 Å². The molecule has 1 fully saturated rings. The Morgan fingerprint density at radius 2 is 1.67 bits per heavy atom. The van der Waals surface area contributed by atoms with Crippen molar-refractivity contribution in [2.24, 2.45) is 11.8 Å². The Balaban J connectivity index is 1.79. The van der Waals surface area contributed by atoms with Crippen LogP contribution in [0.15, 0.2) is 12.2 Å². The van der Waals surface area contributed by atoms with Gasteiger partial charge in [0.1, 0.15) is 0 Å². The van der Waals surface area contributed by atoms with Crippen LogP contribution in [0.3, 0.4) is 0 Å². The van der Waals surface area contributed by atoms with Crippen molar-refractivity contribution >= 4 is 29.7 Å². The van der Waals surface area contributed by atoms with E-state index in [4.69, 9.17) is 4.74 Å². The van der Waals surface area contributed by atoms with E-state index in [0.717, 1.165) is 4.90 Å². The Morgan fingerprint density at radius 1 is 1.11 bits per heavy atom. The summed E-state index contributed by atoms with van der Waals surface area (Å²) < 4.78 is 4.97.